The molecule has 4 nitrogen and oxygen atoms in total. The van der Waals surface area contributed by atoms with Gasteiger partial charge in [-0.1, -0.05) is 0 Å². The number of nitriles is 1. The van der Waals surface area contributed by atoms with Crippen molar-refractivity contribution in [3.63, 3.8) is 0 Å². The van der Waals surface area contributed by atoms with Crippen molar-refractivity contribution in [3.8, 4) is 6.07 Å². The van der Waals surface area contributed by atoms with Crippen molar-refractivity contribution in [2.75, 3.05) is 0 Å². The molecule has 0 aliphatic heterocycles. The van der Waals surface area contributed by atoms with E-state index in [1.54, 1.807) is 0 Å². The highest BCUT2D eigenvalue weighted by Gasteiger charge is 2.24. The molecule has 0 unspecified atom stereocenters. The van der Waals surface area contributed by atoms with Crippen LogP contribution in [0.2, 0.25) is 0 Å². The highest BCUT2D eigenvalue weighted by Crippen LogP contribution is 2.26. The van der Waals surface area contributed by atoms with E-state index in [0.717, 1.165) is 25.7 Å². The number of carbonyl (C=O) groups excluding carboxylic acids is 1. The van der Waals surface area contributed by atoms with Crippen LogP contribution in [-0.4, -0.2) is 17.7 Å². The average Bonchev–Trinajstić information content (AvgIpc) is 2.18. The molecule has 1 saturated carbocycles. The first-order valence-electron chi connectivity index (χ1n) is 6.27. The zero-order chi connectivity index (χ0) is 12.9. The van der Waals surface area contributed by atoms with E-state index in [-0.39, 0.29) is 12.1 Å². The van der Waals surface area contributed by atoms with Crippen molar-refractivity contribution >= 4 is 6.09 Å². The van der Waals surface area contributed by atoms with E-state index in [9.17, 15) is 4.79 Å². The van der Waals surface area contributed by atoms with E-state index >= 15 is 0 Å². The van der Waals surface area contributed by atoms with Gasteiger partial charge in [-0.2, -0.15) is 5.26 Å². The molecule has 0 bridgehead atoms. The third-order valence-corrected chi connectivity index (χ3v) is 2.95. The molecular formula is C13H22N2O2. The Labute approximate surface area is 103 Å². The molecule has 0 heterocycles. The minimum absolute atomic E-state index is 0.208. The van der Waals surface area contributed by atoms with Crippen LogP contribution in [0.1, 0.15) is 52.9 Å². The Kier molecular flexibility index (Phi) is 4.80. The van der Waals surface area contributed by atoms with Crippen molar-refractivity contribution < 1.29 is 9.53 Å². The third-order valence-electron chi connectivity index (χ3n) is 2.95. The fourth-order valence-electron chi connectivity index (χ4n) is 2.11. The summed E-state index contributed by atoms with van der Waals surface area (Å²) >= 11 is 0. The van der Waals surface area contributed by atoms with Gasteiger partial charge in [-0.25, -0.2) is 4.79 Å². The van der Waals surface area contributed by atoms with E-state index in [4.69, 9.17) is 10.00 Å². The summed E-state index contributed by atoms with van der Waals surface area (Å²) in [5.41, 5.74) is -0.442. The lowest BCUT2D eigenvalue weighted by Crippen LogP contribution is -2.40. The van der Waals surface area contributed by atoms with Crippen LogP contribution in [0, 0.1) is 17.2 Å². The number of nitrogens with zero attached hydrogens (tertiary/aromatic N) is 1. The molecule has 1 aliphatic carbocycles. The largest absolute Gasteiger partial charge is 0.444 e. The van der Waals surface area contributed by atoms with Crippen LogP contribution >= 0.6 is 0 Å². The number of amides is 1. The minimum atomic E-state index is -0.442. The predicted octanol–water partition coefficient (Wildman–Crippen LogP) is 2.98. The van der Waals surface area contributed by atoms with Gasteiger partial charge in [0.2, 0.25) is 0 Å². The maximum atomic E-state index is 11.5. The van der Waals surface area contributed by atoms with Gasteiger partial charge in [-0.15, -0.1) is 0 Å². The van der Waals surface area contributed by atoms with Gasteiger partial charge in [-0.3, -0.25) is 0 Å². The second kappa shape index (κ2) is 5.90. The molecule has 0 aromatic heterocycles. The summed E-state index contributed by atoms with van der Waals surface area (Å²) in [6.45, 7) is 5.57. The Balaban J connectivity index is 2.27. The molecule has 1 N–H and O–H groups in total. The Bertz CT molecular complexity index is 294. The van der Waals surface area contributed by atoms with Gasteiger partial charge in [0.1, 0.15) is 5.60 Å². The molecule has 0 radical (unpaired) electrons. The third kappa shape index (κ3) is 5.58. The van der Waals surface area contributed by atoms with Crippen molar-refractivity contribution in [1.82, 2.24) is 5.32 Å². The molecule has 0 aromatic carbocycles. The Hall–Kier alpha value is -1.24. The summed E-state index contributed by atoms with van der Waals surface area (Å²) in [6, 6.07) is 2.42. The van der Waals surface area contributed by atoms with E-state index in [2.05, 4.69) is 11.4 Å². The maximum Gasteiger partial charge on any atom is 0.407 e. The Morgan fingerprint density at radius 2 is 1.94 bits per heavy atom. The monoisotopic (exact) mass is 238 g/mol. The van der Waals surface area contributed by atoms with Crippen LogP contribution < -0.4 is 5.32 Å². The fraction of sp³-hybridized carbons (Fsp3) is 0.846. The molecule has 4 heteroatoms. The number of carbonyl (C=O) groups is 1. The summed E-state index contributed by atoms with van der Waals surface area (Å²) in [4.78, 5) is 11.5. The van der Waals surface area contributed by atoms with Crippen LogP contribution in [-0.2, 0) is 4.74 Å². The molecule has 1 aliphatic rings. The van der Waals surface area contributed by atoms with Gasteiger partial charge >= 0.3 is 6.09 Å². The van der Waals surface area contributed by atoms with Gasteiger partial charge in [0, 0.05) is 12.5 Å². The molecule has 0 atom stereocenters. The lowest BCUT2D eigenvalue weighted by atomic mass is 9.84. The van der Waals surface area contributed by atoms with Gasteiger partial charge in [0.25, 0.3) is 0 Å². The standard InChI is InChI=1S/C13H22N2O2/c1-13(2,3)17-12(16)15-11-6-4-10(5-7-11)8-9-14/h10-11H,4-8H2,1-3H3,(H,15,16). The minimum Gasteiger partial charge on any atom is -0.444 e. The second-order valence-corrected chi connectivity index (χ2v) is 5.73. The number of ether oxygens (including phenoxy) is 1. The summed E-state index contributed by atoms with van der Waals surface area (Å²) < 4.78 is 5.21. The number of hydrogen-bond donors (Lipinski definition) is 1. The van der Waals surface area contributed by atoms with E-state index in [1.165, 1.54) is 0 Å². The summed E-state index contributed by atoms with van der Waals surface area (Å²) in [6.07, 6.45) is 4.25. The smallest absolute Gasteiger partial charge is 0.407 e. The zero-order valence-corrected chi connectivity index (χ0v) is 11.0. The summed E-state index contributed by atoms with van der Waals surface area (Å²) in [5.74, 6) is 0.511. The van der Waals surface area contributed by atoms with E-state index < -0.39 is 5.60 Å². The van der Waals surface area contributed by atoms with Gasteiger partial charge in [0.05, 0.1) is 6.07 Å². The highest BCUT2D eigenvalue weighted by atomic mass is 16.6. The van der Waals surface area contributed by atoms with Gasteiger partial charge < -0.3 is 10.1 Å². The van der Waals surface area contributed by atoms with Crippen molar-refractivity contribution in [2.24, 2.45) is 5.92 Å². The molecule has 1 amide bonds. The Morgan fingerprint density at radius 1 is 1.35 bits per heavy atom. The second-order valence-electron chi connectivity index (χ2n) is 5.73. The molecule has 0 aromatic rings. The first kappa shape index (κ1) is 13.8. The lowest BCUT2D eigenvalue weighted by molar-refractivity contribution is 0.0487. The Morgan fingerprint density at radius 3 is 2.41 bits per heavy atom. The summed E-state index contributed by atoms with van der Waals surface area (Å²) in [5, 5.41) is 11.5. The van der Waals surface area contributed by atoms with Crippen molar-refractivity contribution in [2.45, 2.75) is 64.5 Å². The first-order chi connectivity index (χ1) is 7.90. The van der Waals surface area contributed by atoms with E-state index in [1.807, 2.05) is 20.8 Å². The van der Waals surface area contributed by atoms with E-state index in [0.29, 0.717) is 12.3 Å². The summed E-state index contributed by atoms with van der Waals surface area (Å²) in [7, 11) is 0. The number of alkyl carbamates (subject to hydrolysis) is 1. The number of rotatable bonds is 2. The van der Waals surface area contributed by atoms with Crippen molar-refractivity contribution in [1.29, 1.82) is 5.26 Å². The zero-order valence-electron chi connectivity index (χ0n) is 11.0. The molecule has 0 saturated heterocycles. The molecule has 17 heavy (non-hydrogen) atoms. The van der Waals surface area contributed by atoms with Crippen LogP contribution in [0.3, 0.4) is 0 Å². The topological polar surface area (TPSA) is 62.1 Å². The van der Waals surface area contributed by atoms with Crippen LogP contribution in [0.25, 0.3) is 0 Å². The van der Waals surface area contributed by atoms with Crippen LogP contribution in [0.5, 0.6) is 0 Å². The quantitative estimate of drug-likeness (QED) is 0.804. The molecule has 1 fully saturated rings. The average molecular weight is 238 g/mol. The highest BCUT2D eigenvalue weighted by molar-refractivity contribution is 5.68. The SMILES string of the molecule is CC(C)(C)OC(=O)NC1CCC(CC#N)CC1. The molecule has 1 rings (SSSR count). The molecule has 0 spiro atoms. The van der Waals surface area contributed by atoms with Crippen LogP contribution in [0.15, 0.2) is 0 Å². The predicted molar refractivity (Wildman–Crippen MR) is 65.3 cm³/mol. The molecular weight excluding hydrogens is 216 g/mol. The first-order valence-corrected chi connectivity index (χ1v) is 6.27. The van der Waals surface area contributed by atoms with Crippen molar-refractivity contribution in [3.05, 3.63) is 0 Å². The van der Waals surface area contributed by atoms with Crippen LogP contribution in [0.4, 0.5) is 4.79 Å². The molecule has 96 valence electrons. The lowest BCUT2D eigenvalue weighted by Gasteiger charge is -2.29. The maximum absolute atomic E-state index is 11.5. The fourth-order valence-corrected chi connectivity index (χ4v) is 2.11. The normalized spacial score (nSPS) is 24.8. The number of nitrogens with one attached hydrogen (secondary N) is 1. The van der Waals surface area contributed by atoms with Gasteiger partial charge in [-0.05, 0) is 52.4 Å². The number of hydrogen-bond acceptors (Lipinski definition) is 3. The van der Waals surface area contributed by atoms with Gasteiger partial charge in [0.15, 0.2) is 0 Å².